The lowest BCUT2D eigenvalue weighted by Gasteiger charge is -2.35. The zero-order chi connectivity index (χ0) is 18.9. The Morgan fingerprint density at radius 1 is 1.48 bits per heavy atom. The number of aliphatic imine (C=N–C) groups is 1. The molecule has 1 fully saturated rings. The fourth-order valence-corrected chi connectivity index (χ4v) is 2.81. The van der Waals surface area contributed by atoms with Crippen molar-refractivity contribution in [1.29, 1.82) is 0 Å². The Kier molecular flexibility index (Phi) is 10.1. The van der Waals surface area contributed by atoms with Crippen LogP contribution < -0.4 is 15.5 Å². The standard InChI is InChI=1S/C19H28FN5O.HI/c1-4-10-21-19(22-13-18(26)24(2)3)23-16-8-6-11-25(14-16)17-9-5-7-15(20)12-17;/h4-5,7,9,12,16H,1,6,8,10-11,13-14H2,2-3H3,(H2,21,22,23);1H. The molecule has 1 unspecified atom stereocenters. The Hall–Kier alpha value is -1.84. The second-order valence-corrected chi connectivity index (χ2v) is 6.53. The van der Waals surface area contributed by atoms with Gasteiger partial charge in [0.1, 0.15) is 12.4 Å². The number of hydrogen-bond acceptors (Lipinski definition) is 3. The van der Waals surface area contributed by atoms with Crippen LogP contribution in [0.1, 0.15) is 12.8 Å². The van der Waals surface area contributed by atoms with Crippen LogP contribution in [0.15, 0.2) is 41.9 Å². The number of carbonyl (C=O) groups is 1. The van der Waals surface area contributed by atoms with Gasteiger partial charge in [0.2, 0.25) is 5.91 Å². The summed E-state index contributed by atoms with van der Waals surface area (Å²) in [6.45, 7) is 5.99. The number of piperidine rings is 1. The van der Waals surface area contributed by atoms with Gasteiger partial charge in [-0.25, -0.2) is 9.38 Å². The molecule has 6 nitrogen and oxygen atoms in total. The van der Waals surface area contributed by atoms with Crippen molar-refractivity contribution in [2.75, 3.05) is 45.2 Å². The zero-order valence-corrected chi connectivity index (χ0v) is 18.3. The van der Waals surface area contributed by atoms with E-state index in [9.17, 15) is 9.18 Å². The predicted molar refractivity (Wildman–Crippen MR) is 119 cm³/mol. The minimum Gasteiger partial charge on any atom is -0.369 e. The second-order valence-electron chi connectivity index (χ2n) is 6.53. The third kappa shape index (κ3) is 7.74. The van der Waals surface area contributed by atoms with Gasteiger partial charge in [-0.2, -0.15) is 0 Å². The molecule has 27 heavy (non-hydrogen) atoms. The highest BCUT2D eigenvalue weighted by Crippen LogP contribution is 2.20. The van der Waals surface area contributed by atoms with Crippen LogP contribution in [0.3, 0.4) is 0 Å². The maximum Gasteiger partial charge on any atom is 0.243 e. The quantitative estimate of drug-likeness (QED) is 0.279. The molecule has 0 radical (unpaired) electrons. The van der Waals surface area contributed by atoms with Crippen LogP contribution in [-0.4, -0.2) is 63.1 Å². The summed E-state index contributed by atoms with van der Waals surface area (Å²) in [6.07, 6.45) is 3.73. The van der Waals surface area contributed by atoms with Crippen molar-refractivity contribution in [2.45, 2.75) is 18.9 Å². The summed E-state index contributed by atoms with van der Waals surface area (Å²) in [5, 5.41) is 6.53. The lowest BCUT2D eigenvalue weighted by Crippen LogP contribution is -2.51. The molecule has 1 aromatic carbocycles. The molecule has 1 aromatic rings. The molecule has 8 heteroatoms. The molecular formula is C19H29FIN5O. The first kappa shape index (κ1) is 23.2. The lowest BCUT2D eigenvalue weighted by atomic mass is 10.0. The molecule has 1 amide bonds. The first-order valence-electron chi connectivity index (χ1n) is 8.86. The second kappa shape index (κ2) is 11.8. The Balaban J connectivity index is 0.00000364. The van der Waals surface area contributed by atoms with Gasteiger partial charge in [-0.05, 0) is 31.0 Å². The number of nitrogens with one attached hydrogen (secondary N) is 2. The van der Waals surface area contributed by atoms with Crippen molar-refractivity contribution in [3.05, 3.63) is 42.7 Å². The number of carbonyl (C=O) groups excluding carboxylic acids is 1. The van der Waals surface area contributed by atoms with Crippen molar-refractivity contribution in [1.82, 2.24) is 15.5 Å². The molecule has 0 saturated carbocycles. The van der Waals surface area contributed by atoms with Gasteiger partial charge in [-0.1, -0.05) is 12.1 Å². The molecule has 1 saturated heterocycles. The number of nitrogens with zero attached hydrogens (tertiary/aromatic N) is 3. The van der Waals surface area contributed by atoms with E-state index in [0.29, 0.717) is 12.5 Å². The first-order chi connectivity index (χ1) is 12.5. The molecule has 2 N–H and O–H groups in total. The molecule has 0 spiro atoms. The number of halogens is 2. The van der Waals surface area contributed by atoms with Gasteiger partial charge in [-0.3, -0.25) is 4.79 Å². The highest BCUT2D eigenvalue weighted by atomic mass is 127. The molecule has 1 aliphatic rings. The van der Waals surface area contributed by atoms with Crippen molar-refractivity contribution in [2.24, 2.45) is 4.99 Å². The van der Waals surface area contributed by atoms with Crippen LogP contribution in [0, 0.1) is 5.82 Å². The average Bonchev–Trinajstić information content (AvgIpc) is 2.63. The smallest absolute Gasteiger partial charge is 0.243 e. The Labute approximate surface area is 177 Å². The van der Waals surface area contributed by atoms with Crippen LogP contribution in [0.25, 0.3) is 0 Å². The van der Waals surface area contributed by atoms with Crippen molar-refractivity contribution in [3.8, 4) is 0 Å². The molecule has 1 atom stereocenters. The minimum absolute atomic E-state index is 0. The fraction of sp³-hybridized carbons (Fsp3) is 0.474. The molecule has 150 valence electrons. The monoisotopic (exact) mass is 489 g/mol. The van der Waals surface area contributed by atoms with Crippen molar-refractivity contribution in [3.63, 3.8) is 0 Å². The Morgan fingerprint density at radius 3 is 2.93 bits per heavy atom. The van der Waals surface area contributed by atoms with E-state index < -0.39 is 0 Å². The van der Waals surface area contributed by atoms with Crippen LogP contribution >= 0.6 is 24.0 Å². The summed E-state index contributed by atoms with van der Waals surface area (Å²) < 4.78 is 13.5. The Bertz CT molecular complexity index is 653. The zero-order valence-electron chi connectivity index (χ0n) is 15.9. The number of guanidine groups is 1. The maximum atomic E-state index is 13.5. The Morgan fingerprint density at radius 2 is 2.26 bits per heavy atom. The van der Waals surface area contributed by atoms with Gasteiger partial charge in [0.25, 0.3) is 0 Å². The number of benzene rings is 1. The third-order valence-electron chi connectivity index (χ3n) is 4.22. The van der Waals surface area contributed by atoms with E-state index in [1.54, 1.807) is 32.3 Å². The van der Waals surface area contributed by atoms with E-state index >= 15 is 0 Å². The molecule has 1 aliphatic heterocycles. The van der Waals surface area contributed by atoms with E-state index in [-0.39, 0.29) is 48.3 Å². The molecular weight excluding hydrogens is 460 g/mol. The number of anilines is 1. The molecule has 2 rings (SSSR count). The van der Waals surface area contributed by atoms with E-state index in [0.717, 1.165) is 31.6 Å². The number of likely N-dealkylation sites (N-methyl/N-ethyl adjacent to an activating group) is 1. The van der Waals surface area contributed by atoms with Gasteiger partial charge in [-0.15, -0.1) is 30.6 Å². The number of hydrogen-bond donors (Lipinski definition) is 2. The van der Waals surface area contributed by atoms with Crippen LogP contribution in [0.2, 0.25) is 0 Å². The van der Waals surface area contributed by atoms with Gasteiger partial charge < -0.3 is 20.4 Å². The summed E-state index contributed by atoms with van der Waals surface area (Å²) in [6, 6.07) is 6.83. The average molecular weight is 489 g/mol. The number of amides is 1. The first-order valence-corrected chi connectivity index (χ1v) is 8.86. The molecule has 0 aliphatic carbocycles. The highest BCUT2D eigenvalue weighted by molar-refractivity contribution is 14.0. The highest BCUT2D eigenvalue weighted by Gasteiger charge is 2.21. The van der Waals surface area contributed by atoms with Gasteiger partial charge in [0.15, 0.2) is 5.96 Å². The van der Waals surface area contributed by atoms with Crippen LogP contribution in [0.5, 0.6) is 0 Å². The summed E-state index contributed by atoms with van der Waals surface area (Å²) in [5.74, 6) is 0.301. The SMILES string of the molecule is C=CCNC(=NCC(=O)N(C)C)NC1CCCN(c2cccc(F)c2)C1.I. The van der Waals surface area contributed by atoms with Crippen molar-refractivity contribution < 1.29 is 9.18 Å². The van der Waals surface area contributed by atoms with Gasteiger partial charge in [0.05, 0.1) is 0 Å². The topological polar surface area (TPSA) is 60.0 Å². The van der Waals surface area contributed by atoms with Gasteiger partial charge >= 0.3 is 0 Å². The van der Waals surface area contributed by atoms with E-state index in [1.807, 2.05) is 6.07 Å². The van der Waals surface area contributed by atoms with E-state index in [1.165, 1.54) is 11.0 Å². The predicted octanol–water partition coefficient (Wildman–Crippen LogP) is 2.22. The van der Waals surface area contributed by atoms with Crippen molar-refractivity contribution >= 4 is 41.5 Å². The summed E-state index contributed by atoms with van der Waals surface area (Å²) in [4.78, 5) is 19.8. The maximum absolute atomic E-state index is 13.5. The van der Waals surface area contributed by atoms with Crippen LogP contribution in [-0.2, 0) is 4.79 Å². The largest absolute Gasteiger partial charge is 0.369 e. The molecule has 0 aromatic heterocycles. The molecule has 0 bridgehead atoms. The fourth-order valence-electron chi connectivity index (χ4n) is 2.81. The lowest BCUT2D eigenvalue weighted by molar-refractivity contribution is -0.127. The summed E-state index contributed by atoms with van der Waals surface area (Å²) in [7, 11) is 3.42. The summed E-state index contributed by atoms with van der Waals surface area (Å²) >= 11 is 0. The third-order valence-corrected chi connectivity index (χ3v) is 4.22. The molecule has 1 heterocycles. The van der Waals surface area contributed by atoms with Crippen LogP contribution in [0.4, 0.5) is 10.1 Å². The van der Waals surface area contributed by atoms with E-state index in [4.69, 9.17) is 0 Å². The normalized spacial score (nSPS) is 16.9. The number of rotatable bonds is 6. The minimum atomic E-state index is -0.227. The summed E-state index contributed by atoms with van der Waals surface area (Å²) in [5.41, 5.74) is 0.886. The van der Waals surface area contributed by atoms with Gasteiger partial charge in [0, 0.05) is 45.5 Å². The van der Waals surface area contributed by atoms with E-state index in [2.05, 4.69) is 27.1 Å².